The molecule has 0 radical (unpaired) electrons. The summed E-state index contributed by atoms with van der Waals surface area (Å²) in [5.74, 6) is 0. The Bertz CT molecular complexity index is 216. The van der Waals surface area contributed by atoms with Crippen molar-refractivity contribution >= 4 is 15.5 Å². The molecule has 1 heteroatoms. The summed E-state index contributed by atoms with van der Waals surface area (Å²) in [4.78, 5) is 0. The Labute approximate surface area is 58.6 Å². The number of rotatable bonds is 1. The van der Waals surface area contributed by atoms with Crippen LogP contribution < -0.4 is 0 Å². The van der Waals surface area contributed by atoms with E-state index in [4.69, 9.17) is 0 Å². The van der Waals surface area contributed by atoms with Crippen molar-refractivity contribution in [2.24, 2.45) is 0 Å². The highest BCUT2D eigenvalue weighted by Gasteiger charge is 1.86. The van der Waals surface area contributed by atoms with Gasteiger partial charge in [0.15, 0.2) is 0 Å². The van der Waals surface area contributed by atoms with Crippen LogP contribution in [0.4, 0.5) is 0 Å². The summed E-state index contributed by atoms with van der Waals surface area (Å²) in [5.41, 5.74) is 4.85. The molecule has 0 aliphatic carbocycles. The zero-order valence-electron chi connectivity index (χ0n) is 5.59. The van der Waals surface area contributed by atoms with Gasteiger partial charge >= 0.3 is 0 Å². The van der Waals surface area contributed by atoms with Crippen LogP contribution in [0.5, 0.6) is 0 Å². The number of hydrogen-bond donors (Lipinski definition) is 0. The third kappa shape index (κ3) is 1.36. The highest BCUT2D eigenvalue weighted by Crippen LogP contribution is 2.01. The summed E-state index contributed by atoms with van der Waals surface area (Å²) >= 11 is 0. The second-order valence-electron chi connectivity index (χ2n) is 2.06. The van der Waals surface area contributed by atoms with E-state index in [1.165, 1.54) is 11.1 Å². The maximum absolute atomic E-state index is 2.15. The fraction of sp³-hybridized carbons (Fsp3) is 0.125. The zero-order valence-corrected chi connectivity index (χ0v) is 7.01. The molecule has 0 amide bonds. The van der Waals surface area contributed by atoms with E-state index in [1.54, 1.807) is 0 Å². The van der Waals surface area contributed by atoms with E-state index in [-0.39, 0.29) is 0 Å². The highest BCUT2D eigenvalue weighted by atomic mass is 28.1. The molecule has 1 rings (SSSR count). The first-order valence-electron chi connectivity index (χ1n) is 3.02. The minimum Gasteiger partial charge on any atom is -0.0810 e. The molecule has 0 fully saturated rings. The van der Waals surface area contributed by atoms with Crippen LogP contribution in [0.1, 0.15) is 11.1 Å². The molecule has 0 spiro atoms. The Hall–Kier alpha value is -0.693. The molecule has 0 nitrogen and oxygen atoms in total. The molecule has 0 unspecified atom stereocenters. The van der Waals surface area contributed by atoms with Crippen LogP contribution in [-0.4, -0.2) is 15.5 Å². The predicted octanol–water partition coefficient (Wildman–Crippen LogP) is 0.778. The van der Waals surface area contributed by atoms with Crippen molar-refractivity contribution in [1.29, 1.82) is 0 Å². The fourth-order valence-corrected chi connectivity index (χ4v) is 1.27. The van der Waals surface area contributed by atoms with Gasteiger partial charge in [-0.2, -0.15) is 0 Å². The monoisotopic (exact) mass is 134 g/mol. The summed E-state index contributed by atoms with van der Waals surface area (Å²) < 4.78 is 0. The zero-order chi connectivity index (χ0) is 6.69. The van der Waals surface area contributed by atoms with Gasteiger partial charge in [-0.15, -0.1) is 0 Å². The molecule has 1 aromatic rings. The van der Waals surface area contributed by atoms with Gasteiger partial charge in [-0.25, -0.2) is 0 Å². The summed E-state index contributed by atoms with van der Waals surface area (Å²) in [7, 11) is 1.88. The molecule has 0 N–H and O–H groups in total. The number of aryl methyl sites for hydroxylation is 1. The quantitative estimate of drug-likeness (QED) is 0.498. The molecule has 9 heavy (non-hydrogen) atoms. The second-order valence-corrected chi connectivity index (χ2v) is 2.47. The molecule has 0 aromatic heterocycles. The fourth-order valence-electron chi connectivity index (χ4n) is 0.816. The number of hydrogen-bond acceptors (Lipinski definition) is 0. The van der Waals surface area contributed by atoms with E-state index >= 15 is 0 Å². The topological polar surface area (TPSA) is 0 Å². The van der Waals surface area contributed by atoms with Crippen molar-refractivity contribution in [3.05, 3.63) is 35.4 Å². The van der Waals surface area contributed by atoms with Crippen LogP contribution in [0.3, 0.4) is 0 Å². The summed E-state index contributed by atoms with van der Waals surface area (Å²) in [6.07, 6.45) is 0. The molecule has 0 atom stereocenters. The Morgan fingerprint density at radius 3 is 2.44 bits per heavy atom. The Kier molecular flexibility index (Phi) is 1.95. The standard InChI is InChI=1S/C8H10Si/c1-7-4-2-3-5-8(7)6-9/h2-6H,9H2,1H3. The molecule has 0 aliphatic heterocycles. The first-order valence-corrected chi connectivity index (χ1v) is 3.84. The van der Waals surface area contributed by atoms with Gasteiger partial charge in [-0.3, -0.25) is 0 Å². The SMILES string of the molecule is Cc1ccccc1C=[SiH2]. The summed E-state index contributed by atoms with van der Waals surface area (Å²) in [6, 6.07) is 8.38. The summed E-state index contributed by atoms with van der Waals surface area (Å²) in [5, 5.41) is 0. The lowest BCUT2D eigenvalue weighted by atomic mass is 10.1. The van der Waals surface area contributed by atoms with Crippen molar-refractivity contribution in [1.82, 2.24) is 0 Å². The highest BCUT2D eigenvalue weighted by molar-refractivity contribution is 6.32. The average Bonchev–Trinajstić information content (AvgIpc) is 1.89. The Morgan fingerprint density at radius 1 is 1.33 bits per heavy atom. The van der Waals surface area contributed by atoms with Crippen LogP contribution in [0.15, 0.2) is 24.3 Å². The molecular weight excluding hydrogens is 124 g/mol. The van der Waals surface area contributed by atoms with Gasteiger partial charge < -0.3 is 0 Å². The van der Waals surface area contributed by atoms with Gasteiger partial charge in [0, 0.05) is 0 Å². The van der Waals surface area contributed by atoms with Crippen molar-refractivity contribution in [3.8, 4) is 0 Å². The smallest absolute Gasteiger partial charge is 0.0228 e. The second kappa shape index (κ2) is 2.74. The van der Waals surface area contributed by atoms with E-state index < -0.39 is 0 Å². The predicted molar refractivity (Wildman–Crippen MR) is 44.9 cm³/mol. The van der Waals surface area contributed by atoms with Gasteiger partial charge in [0.05, 0.1) is 0 Å². The molecule has 0 heterocycles. The van der Waals surface area contributed by atoms with Crippen LogP contribution in [0.2, 0.25) is 0 Å². The lowest BCUT2D eigenvalue weighted by Gasteiger charge is -1.95. The van der Waals surface area contributed by atoms with Crippen LogP contribution in [-0.2, 0) is 0 Å². The van der Waals surface area contributed by atoms with Crippen LogP contribution in [0.25, 0.3) is 0 Å². The van der Waals surface area contributed by atoms with Gasteiger partial charge in [-0.1, -0.05) is 29.9 Å². The maximum Gasteiger partial charge on any atom is -0.0228 e. The third-order valence-corrected chi connectivity index (χ3v) is 1.85. The first kappa shape index (κ1) is 6.43. The minimum atomic E-state index is 1.34. The van der Waals surface area contributed by atoms with Gasteiger partial charge in [-0.05, 0) is 27.9 Å². The van der Waals surface area contributed by atoms with Gasteiger partial charge in [0.2, 0.25) is 0 Å². The molecule has 0 saturated heterocycles. The number of benzene rings is 1. The van der Waals surface area contributed by atoms with E-state index in [0.29, 0.717) is 0 Å². The van der Waals surface area contributed by atoms with Gasteiger partial charge in [0.25, 0.3) is 0 Å². The largest absolute Gasteiger partial charge is 0.0810 e. The van der Waals surface area contributed by atoms with E-state index in [0.717, 1.165) is 0 Å². The molecular formula is C8H10Si. The van der Waals surface area contributed by atoms with Crippen LogP contribution >= 0.6 is 0 Å². The molecule has 1 aromatic carbocycles. The molecule has 46 valence electrons. The normalized spacial score (nSPS) is 9.00. The van der Waals surface area contributed by atoms with Crippen molar-refractivity contribution in [2.45, 2.75) is 6.92 Å². The van der Waals surface area contributed by atoms with Crippen molar-refractivity contribution < 1.29 is 0 Å². The lowest BCUT2D eigenvalue weighted by molar-refractivity contribution is 1.46. The minimum absolute atomic E-state index is 1.34. The Balaban J connectivity index is 3.15. The molecule has 0 aliphatic rings. The third-order valence-electron chi connectivity index (χ3n) is 1.41. The maximum atomic E-state index is 2.15. The van der Waals surface area contributed by atoms with E-state index in [1.807, 2.05) is 9.85 Å². The van der Waals surface area contributed by atoms with E-state index in [2.05, 4.69) is 36.9 Å². The van der Waals surface area contributed by atoms with E-state index in [9.17, 15) is 0 Å². The molecule has 0 saturated carbocycles. The first-order chi connectivity index (χ1) is 4.34. The van der Waals surface area contributed by atoms with Crippen LogP contribution in [0, 0.1) is 6.92 Å². The van der Waals surface area contributed by atoms with Crippen molar-refractivity contribution in [3.63, 3.8) is 0 Å². The average molecular weight is 134 g/mol. The lowest BCUT2D eigenvalue weighted by Crippen LogP contribution is -1.83. The van der Waals surface area contributed by atoms with Crippen molar-refractivity contribution in [2.75, 3.05) is 0 Å². The summed E-state index contributed by atoms with van der Waals surface area (Å²) in [6.45, 7) is 2.12. The van der Waals surface area contributed by atoms with Gasteiger partial charge in [0.1, 0.15) is 0 Å². The molecule has 0 bridgehead atoms. The Morgan fingerprint density at radius 2 is 2.00 bits per heavy atom.